The Hall–Kier alpha value is -2.72. The number of nitrogens with zero attached hydrogens (tertiary/aromatic N) is 1. The van der Waals surface area contributed by atoms with Gasteiger partial charge in [-0.05, 0) is 46.2 Å². The van der Waals surface area contributed by atoms with E-state index in [2.05, 4.69) is 5.32 Å². The Bertz CT molecular complexity index is 973. The molecule has 1 aromatic rings. The summed E-state index contributed by atoms with van der Waals surface area (Å²) in [6.45, 7) is 6.03. The minimum Gasteiger partial charge on any atom is -0.427 e. The van der Waals surface area contributed by atoms with Crippen molar-refractivity contribution in [2.75, 3.05) is 13.8 Å². The molecule has 2 aliphatic heterocycles. The molecule has 174 valence electrons. The van der Waals surface area contributed by atoms with Crippen molar-refractivity contribution in [1.29, 1.82) is 0 Å². The van der Waals surface area contributed by atoms with E-state index in [1.54, 1.807) is 46.9 Å². The zero-order valence-corrected chi connectivity index (χ0v) is 19.6. The molecule has 3 atom stereocenters. The summed E-state index contributed by atoms with van der Waals surface area (Å²) in [5.41, 5.74) is -0.0328. The van der Waals surface area contributed by atoms with Gasteiger partial charge in [0.1, 0.15) is 5.70 Å². The fraction of sp³-hybridized carbons (Fsp3) is 0.545. The van der Waals surface area contributed by atoms with Gasteiger partial charge < -0.3 is 24.8 Å². The van der Waals surface area contributed by atoms with E-state index in [0.29, 0.717) is 12.0 Å². The normalized spacial score (nSPS) is 21.1. The van der Waals surface area contributed by atoms with E-state index in [1.807, 2.05) is 0 Å². The number of likely N-dealkylation sites (N-methyl/N-ethyl adjacent to an activating group) is 1. The first-order chi connectivity index (χ1) is 15.0. The fourth-order valence-electron chi connectivity index (χ4n) is 3.78. The van der Waals surface area contributed by atoms with Crippen LogP contribution in [0, 0.1) is 11.3 Å². The molecule has 0 spiro atoms. The summed E-state index contributed by atoms with van der Waals surface area (Å²) in [6, 6.07) is 3.26. The van der Waals surface area contributed by atoms with Crippen LogP contribution in [-0.2, 0) is 35.1 Å². The van der Waals surface area contributed by atoms with Crippen LogP contribution in [0.3, 0.4) is 0 Å². The Morgan fingerprint density at radius 3 is 2.56 bits per heavy atom. The number of amides is 2. The van der Waals surface area contributed by atoms with Gasteiger partial charge in [0, 0.05) is 22.4 Å². The van der Waals surface area contributed by atoms with Crippen LogP contribution in [-0.4, -0.2) is 59.7 Å². The molecule has 0 bridgehead atoms. The van der Waals surface area contributed by atoms with E-state index >= 15 is 0 Å². The number of hydrogen-bond donors (Lipinski definition) is 2. The smallest absolute Gasteiger partial charge is 0.358 e. The van der Waals surface area contributed by atoms with Gasteiger partial charge in [0.2, 0.25) is 18.6 Å². The monoisotopic (exact) mass is 464 g/mol. The second kappa shape index (κ2) is 9.03. The molecule has 1 fully saturated rings. The lowest BCUT2D eigenvalue weighted by Crippen LogP contribution is -2.61. The molecule has 0 radical (unpaired) electrons. The third-order valence-electron chi connectivity index (χ3n) is 5.49. The lowest BCUT2D eigenvalue weighted by Gasteiger charge is -2.44. The second-order valence-electron chi connectivity index (χ2n) is 8.92. The highest BCUT2D eigenvalue weighted by molar-refractivity contribution is 7.13. The van der Waals surface area contributed by atoms with Crippen LogP contribution in [0.25, 0.3) is 5.57 Å². The largest absolute Gasteiger partial charge is 0.427 e. The number of β-lactam (4-membered cyclic amide) rings is 1. The van der Waals surface area contributed by atoms with Crippen LogP contribution in [0.1, 0.15) is 43.9 Å². The van der Waals surface area contributed by atoms with Crippen molar-refractivity contribution in [1.82, 2.24) is 10.2 Å². The van der Waals surface area contributed by atoms with Gasteiger partial charge in [-0.2, -0.15) is 0 Å². The summed E-state index contributed by atoms with van der Waals surface area (Å²) < 4.78 is 10.2. The predicted molar refractivity (Wildman–Crippen MR) is 116 cm³/mol. The van der Waals surface area contributed by atoms with Crippen LogP contribution in [0.5, 0.6) is 0 Å². The Morgan fingerprint density at radius 1 is 1.28 bits per heavy atom. The van der Waals surface area contributed by atoms with Crippen molar-refractivity contribution < 1.29 is 33.8 Å². The SMILES string of the molecule is CNC(=O)Cc1ccc(C2=C(C(=O)OCOC(=O)C(C)(C)C)N3C(=O)[C@H]([C@@H](C)O)[C@H]3C2)s1. The first-order valence-electron chi connectivity index (χ1n) is 10.3. The topological polar surface area (TPSA) is 122 Å². The number of aliphatic hydroxyl groups excluding tert-OH is 1. The quantitative estimate of drug-likeness (QED) is 0.356. The highest BCUT2D eigenvalue weighted by Gasteiger charge is 2.57. The van der Waals surface area contributed by atoms with Gasteiger partial charge in [-0.15, -0.1) is 11.3 Å². The Balaban J connectivity index is 1.84. The predicted octanol–water partition coefficient (Wildman–Crippen LogP) is 1.45. The summed E-state index contributed by atoms with van der Waals surface area (Å²) in [7, 11) is 1.56. The first kappa shape index (κ1) is 23.9. The zero-order valence-electron chi connectivity index (χ0n) is 18.8. The van der Waals surface area contributed by atoms with E-state index < -0.39 is 36.2 Å². The van der Waals surface area contributed by atoms with E-state index in [1.165, 1.54) is 16.2 Å². The Labute approximate surface area is 190 Å². The molecular formula is C22H28N2O7S. The van der Waals surface area contributed by atoms with E-state index in [-0.39, 0.29) is 30.0 Å². The highest BCUT2D eigenvalue weighted by atomic mass is 32.1. The Kier molecular flexibility index (Phi) is 6.75. The molecule has 0 saturated carbocycles. The number of nitrogens with one attached hydrogen (secondary N) is 1. The lowest BCUT2D eigenvalue weighted by molar-refractivity contribution is -0.175. The number of ether oxygens (including phenoxy) is 2. The first-order valence-corrected chi connectivity index (χ1v) is 11.2. The molecule has 32 heavy (non-hydrogen) atoms. The minimum absolute atomic E-state index is 0.0945. The molecule has 3 rings (SSSR count). The maximum atomic E-state index is 12.9. The van der Waals surface area contributed by atoms with Crippen molar-refractivity contribution in [3.05, 3.63) is 27.6 Å². The molecular weight excluding hydrogens is 436 g/mol. The van der Waals surface area contributed by atoms with Gasteiger partial charge in [0.05, 0.1) is 29.9 Å². The van der Waals surface area contributed by atoms with Gasteiger partial charge in [0.25, 0.3) is 0 Å². The van der Waals surface area contributed by atoms with E-state index in [0.717, 1.165) is 9.75 Å². The summed E-state index contributed by atoms with van der Waals surface area (Å²) in [5, 5.41) is 12.6. The number of carbonyl (C=O) groups excluding carboxylic acids is 4. The number of fused-ring (bicyclic) bond motifs is 1. The zero-order chi connectivity index (χ0) is 23.8. The maximum Gasteiger partial charge on any atom is 0.358 e. The highest BCUT2D eigenvalue weighted by Crippen LogP contribution is 2.48. The molecule has 9 nitrogen and oxygen atoms in total. The van der Waals surface area contributed by atoms with E-state index in [9.17, 15) is 24.3 Å². The summed E-state index contributed by atoms with van der Waals surface area (Å²) in [5.74, 6) is -2.37. The molecule has 2 N–H and O–H groups in total. The number of carbonyl (C=O) groups is 4. The van der Waals surface area contributed by atoms with Crippen molar-refractivity contribution in [3.63, 3.8) is 0 Å². The van der Waals surface area contributed by atoms with Crippen LogP contribution in [0.4, 0.5) is 0 Å². The summed E-state index contributed by atoms with van der Waals surface area (Å²) in [6.07, 6.45) is -0.257. The van der Waals surface area contributed by atoms with Gasteiger partial charge in [-0.25, -0.2) is 4.79 Å². The number of aliphatic hydroxyl groups is 1. The minimum atomic E-state index is -0.847. The third kappa shape index (κ3) is 4.56. The van der Waals surface area contributed by atoms with Crippen LogP contribution in [0.15, 0.2) is 17.8 Å². The standard InChI is InChI=1S/C22H28N2O7S/c1-11(25)17-14-9-13(15-7-6-12(32-15)8-16(26)23-5)18(24(14)19(17)27)20(28)30-10-31-21(29)22(2,3)4/h6-7,11,14,17,25H,8-10H2,1-5H3,(H,23,26)/t11-,14-,17-/m1/s1. The van der Waals surface area contributed by atoms with Crippen LogP contribution >= 0.6 is 11.3 Å². The molecule has 2 aliphatic rings. The van der Waals surface area contributed by atoms with Crippen LogP contribution < -0.4 is 5.32 Å². The summed E-state index contributed by atoms with van der Waals surface area (Å²) >= 11 is 1.36. The van der Waals surface area contributed by atoms with Crippen molar-refractivity contribution in [2.24, 2.45) is 11.3 Å². The van der Waals surface area contributed by atoms with Crippen LogP contribution in [0.2, 0.25) is 0 Å². The molecule has 0 aromatic carbocycles. The average Bonchev–Trinajstić information content (AvgIpc) is 3.28. The van der Waals surface area contributed by atoms with E-state index in [4.69, 9.17) is 9.47 Å². The molecule has 10 heteroatoms. The number of thiophene rings is 1. The van der Waals surface area contributed by atoms with Gasteiger partial charge in [-0.1, -0.05) is 0 Å². The Morgan fingerprint density at radius 2 is 1.97 bits per heavy atom. The third-order valence-corrected chi connectivity index (χ3v) is 6.63. The van der Waals surface area contributed by atoms with Gasteiger partial charge in [-0.3, -0.25) is 14.4 Å². The average molecular weight is 465 g/mol. The van der Waals surface area contributed by atoms with Gasteiger partial charge >= 0.3 is 11.9 Å². The van der Waals surface area contributed by atoms with Gasteiger partial charge in [0.15, 0.2) is 0 Å². The molecule has 1 aromatic heterocycles. The molecule has 1 saturated heterocycles. The molecule has 2 amide bonds. The van der Waals surface area contributed by atoms with Crippen molar-refractivity contribution in [2.45, 2.75) is 52.7 Å². The maximum absolute atomic E-state index is 12.9. The molecule has 0 unspecified atom stereocenters. The van der Waals surface area contributed by atoms with Crippen molar-refractivity contribution >= 4 is 40.7 Å². The second-order valence-corrected chi connectivity index (χ2v) is 10.1. The molecule has 3 heterocycles. The number of hydrogen-bond acceptors (Lipinski definition) is 8. The summed E-state index contributed by atoms with van der Waals surface area (Å²) in [4.78, 5) is 52.1. The van der Waals surface area contributed by atoms with Crippen molar-refractivity contribution in [3.8, 4) is 0 Å². The number of rotatable bonds is 7. The lowest BCUT2D eigenvalue weighted by atomic mass is 9.83. The number of esters is 2. The molecule has 0 aliphatic carbocycles. The fourth-order valence-corrected chi connectivity index (χ4v) is 4.84.